The van der Waals surface area contributed by atoms with E-state index in [0.29, 0.717) is 34.1 Å². The standard InChI is InChI=1S/C22H15N7O3S/c30-29(31)18-8-6-16(7-9-18)21-26-24-19(32-21)14-33-22-27-25-20(15-10-12-23-13-11-15)28(22)17-4-2-1-3-5-17/h1-13H,14H2. The van der Waals surface area contributed by atoms with E-state index >= 15 is 0 Å². The van der Waals surface area contributed by atoms with Gasteiger partial charge in [0.1, 0.15) is 0 Å². The first-order valence-corrected chi connectivity index (χ1v) is 10.8. The Morgan fingerprint density at radius 1 is 0.879 bits per heavy atom. The Bertz CT molecular complexity index is 1390. The van der Waals surface area contributed by atoms with E-state index in [1.165, 1.54) is 23.9 Å². The van der Waals surface area contributed by atoms with E-state index in [0.717, 1.165) is 11.3 Å². The summed E-state index contributed by atoms with van der Waals surface area (Å²) in [6, 6.07) is 19.5. The summed E-state index contributed by atoms with van der Waals surface area (Å²) in [7, 11) is 0. The molecule has 33 heavy (non-hydrogen) atoms. The molecule has 0 atom stereocenters. The summed E-state index contributed by atoms with van der Waals surface area (Å²) in [6.45, 7) is 0. The average molecular weight is 457 g/mol. The van der Waals surface area contributed by atoms with Crippen LogP contribution in [0.3, 0.4) is 0 Å². The minimum atomic E-state index is -0.456. The molecule has 11 heteroatoms. The van der Waals surface area contributed by atoms with Crippen molar-refractivity contribution in [3.8, 4) is 28.5 Å². The number of thioether (sulfide) groups is 1. The van der Waals surface area contributed by atoms with Crippen LogP contribution in [0, 0.1) is 10.1 Å². The highest BCUT2D eigenvalue weighted by molar-refractivity contribution is 7.98. The number of nitro groups is 1. The molecule has 0 aliphatic carbocycles. The van der Waals surface area contributed by atoms with E-state index in [1.54, 1.807) is 24.5 Å². The largest absolute Gasteiger partial charge is 0.420 e. The highest BCUT2D eigenvalue weighted by Gasteiger charge is 2.18. The second-order valence-electron chi connectivity index (χ2n) is 6.81. The van der Waals surface area contributed by atoms with Crippen LogP contribution in [0.1, 0.15) is 5.89 Å². The second-order valence-corrected chi connectivity index (χ2v) is 7.75. The van der Waals surface area contributed by atoms with Crippen LogP contribution in [-0.4, -0.2) is 34.9 Å². The smallest absolute Gasteiger partial charge is 0.269 e. The predicted molar refractivity (Wildman–Crippen MR) is 121 cm³/mol. The van der Waals surface area contributed by atoms with Gasteiger partial charge in [-0.15, -0.1) is 20.4 Å². The molecule has 0 bridgehead atoms. The lowest BCUT2D eigenvalue weighted by Crippen LogP contribution is -1.99. The molecule has 0 unspecified atom stereocenters. The van der Waals surface area contributed by atoms with Crippen molar-refractivity contribution >= 4 is 17.4 Å². The molecule has 5 rings (SSSR count). The van der Waals surface area contributed by atoms with Gasteiger partial charge in [0.2, 0.25) is 11.8 Å². The normalized spacial score (nSPS) is 10.9. The molecule has 0 saturated heterocycles. The number of hydrogen-bond acceptors (Lipinski definition) is 9. The van der Waals surface area contributed by atoms with Gasteiger partial charge in [0.15, 0.2) is 11.0 Å². The molecule has 0 aliphatic rings. The molecular formula is C22H15N7O3S. The van der Waals surface area contributed by atoms with E-state index in [4.69, 9.17) is 4.42 Å². The monoisotopic (exact) mass is 457 g/mol. The van der Waals surface area contributed by atoms with Gasteiger partial charge in [0.05, 0.1) is 10.7 Å². The molecule has 0 amide bonds. The van der Waals surface area contributed by atoms with Crippen molar-refractivity contribution in [1.82, 2.24) is 29.9 Å². The molecule has 162 valence electrons. The number of non-ortho nitro benzene ring substituents is 1. The van der Waals surface area contributed by atoms with Crippen molar-refractivity contribution in [3.05, 3.63) is 95.1 Å². The summed E-state index contributed by atoms with van der Waals surface area (Å²) < 4.78 is 7.72. The number of aromatic nitrogens is 6. The molecule has 5 aromatic rings. The van der Waals surface area contributed by atoms with Crippen molar-refractivity contribution in [2.24, 2.45) is 0 Å². The number of hydrogen-bond donors (Lipinski definition) is 0. The summed E-state index contributed by atoms with van der Waals surface area (Å²) in [6.07, 6.45) is 3.43. The fourth-order valence-corrected chi connectivity index (χ4v) is 3.93. The molecule has 0 spiro atoms. The Kier molecular flexibility index (Phi) is 5.60. The minimum Gasteiger partial charge on any atom is -0.420 e. The number of para-hydroxylation sites is 1. The lowest BCUT2D eigenvalue weighted by molar-refractivity contribution is -0.384. The quantitative estimate of drug-likeness (QED) is 0.196. The summed E-state index contributed by atoms with van der Waals surface area (Å²) >= 11 is 1.41. The van der Waals surface area contributed by atoms with Crippen LogP contribution < -0.4 is 0 Å². The SMILES string of the molecule is O=[N+]([O-])c1ccc(-c2nnc(CSc3nnc(-c4ccncc4)n3-c3ccccc3)o2)cc1. The van der Waals surface area contributed by atoms with Crippen LogP contribution >= 0.6 is 11.8 Å². The highest BCUT2D eigenvalue weighted by atomic mass is 32.2. The third-order valence-corrected chi connectivity index (χ3v) is 5.62. The highest BCUT2D eigenvalue weighted by Crippen LogP contribution is 2.30. The molecule has 3 heterocycles. The van der Waals surface area contributed by atoms with E-state index in [2.05, 4.69) is 25.4 Å². The van der Waals surface area contributed by atoms with Crippen LogP contribution in [0.25, 0.3) is 28.5 Å². The average Bonchev–Trinajstić information content (AvgIpc) is 3.51. The molecule has 0 saturated carbocycles. The van der Waals surface area contributed by atoms with Crippen LogP contribution in [0.4, 0.5) is 5.69 Å². The van der Waals surface area contributed by atoms with E-state index in [-0.39, 0.29) is 5.69 Å². The third kappa shape index (κ3) is 4.34. The van der Waals surface area contributed by atoms with E-state index in [9.17, 15) is 10.1 Å². The van der Waals surface area contributed by atoms with Gasteiger partial charge in [-0.3, -0.25) is 19.7 Å². The summed E-state index contributed by atoms with van der Waals surface area (Å²) in [5.74, 6) is 1.77. The van der Waals surface area contributed by atoms with Crippen molar-refractivity contribution in [2.75, 3.05) is 0 Å². The van der Waals surface area contributed by atoms with Gasteiger partial charge < -0.3 is 4.42 Å². The van der Waals surface area contributed by atoms with Gasteiger partial charge in [-0.05, 0) is 36.4 Å². The summed E-state index contributed by atoms with van der Waals surface area (Å²) in [4.78, 5) is 14.4. The van der Waals surface area contributed by atoms with Crippen molar-refractivity contribution in [3.63, 3.8) is 0 Å². The van der Waals surface area contributed by atoms with Gasteiger partial charge in [-0.2, -0.15) is 0 Å². The molecular weight excluding hydrogens is 442 g/mol. The van der Waals surface area contributed by atoms with Crippen LogP contribution in [0.15, 0.2) is 88.7 Å². The molecule has 0 radical (unpaired) electrons. The van der Waals surface area contributed by atoms with Gasteiger partial charge in [-0.1, -0.05) is 30.0 Å². The Hall–Kier alpha value is -4.38. The van der Waals surface area contributed by atoms with Crippen LogP contribution in [0.2, 0.25) is 0 Å². The summed E-state index contributed by atoms with van der Waals surface area (Å²) in [5.41, 5.74) is 2.43. The summed E-state index contributed by atoms with van der Waals surface area (Å²) in [5, 5.41) is 28.4. The van der Waals surface area contributed by atoms with Crippen molar-refractivity contribution < 1.29 is 9.34 Å². The number of benzene rings is 2. The zero-order valence-electron chi connectivity index (χ0n) is 17.0. The Balaban J connectivity index is 1.39. The Morgan fingerprint density at radius 3 is 2.36 bits per heavy atom. The third-order valence-electron chi connectivity index (χ3n) is 4.70. The predicted octanol–water partition coefficient (Wildman–Crippen LogP) is 4.58. The van der Waals surface area contributed by atoms with E-state index in [1.807, 2.05) is 47.0 Å². The molecule has 10 nitrogen and oxygen atoms in total. The molecule has 0 aliphatic heterocycles. The van der Waals surface area contributed by atoms with Crippen LogP contribution in [-0.2, 0) is 5.75 Å². The Labute approximate surface area is 191 Å². The number of nitrogens with zero attached hydrogens (tertiary/aromatic N) is 7. The van der Waals surface area contributed by atoms with Crippen LogP contribution in [0.5, 0.6) is 0 Å². The number of pyridine rings is 1. The lowest BCUT2D eigenvalue weighted by atomic mass is 10.2. The minimum absolute atomic E-state index is 0.000654. The topological polar surface area (TPSA) is 126 Å². The van der Waals surface area contributed by atoms with Gasteiger partial charge in [0, 0.05) is 41.3 Å². The maximum Gasteiger partial charge on any atom is 0.269 e. The van der Waals surface area contributed by atoms with E-state index < -0.39 is 4.92 Å². The number of rotatable bonds is 7. The molecule has 0 fully saturated rings. The van der Waals surface area contributed by atoms with Crippen molar-refractivity contribution in [1.29, 1.82) is 0 Å². The Morgan fingerprint density at radius 2 is 1.64 bits per heavy atom. The molecule has 2 aromatic carbocycles. The number of nitro benzene ring substituents is 1. The molecule has 0 N–H and O–H groups in total. The van der Waals surface area contributed by atoms with Crippen molar-refractivity contribution in [2.45, 2.75) is 10.9 Å². The first kappa shape index (κ1) is 20.5. The lowest BCUT2D eigenvalue weighted by Gasteiger charge is -2.09. The fourth-order valence-electron chi connectivity index (χ4n) is 3.14. The first-order chi connectivity index (χ1) is 16.2. The maximum absolute atomic E-state index is 10.8. The first-order valence-electron chi connectivity index (χ1n) is 9.80. The van der Waals surface area contributed by atoms with Gasteiger partial charge in [-0.25, -0.2) is 0 Å². The maximum atomic E-state index is 10.8. The zero-order chi connectivity index (χ0) is 22.6. The second kappa shape index (κ2) is 9.01. The van der Waals surface area contributed by atoms with Gasteiger partial charge in [0.25, 0.3) is 5.69 Å². The van der Waals surface area contributed by atoms with Gasteiger partial charge >= 0.3 is 0 Å². The molecule has 3 aromatic heterocycles. The fraction of sp³-hybridized carbons (Fsp3) is 0.0455. The zero-order valence-corrected chi connectivity index (χ0v) is 17.8.